The SMILES string of the molecule is CCc1cccc(CO[P+](=O)O)c1. The molecule has 0 saturated carbocycles. The van der Waals surface area contributed by atoms with Gasteiger partial charge < -0.3 is 0 Å². The van der Waals surface area contributed by atoms with Gasteiger partial charge in [0.05, 0.1) is 0 Å². The second-order valence-corrected chi connectivity index (χ2v) is 3.42. The first kappa shape index (κ1) is 10.3. The van der Waals surface area contributed by atoms with E-state index in [-0.39, 0.29) is 6.61 Å². The summed E-state index contributed by atoms with van der Waals surface area (Å²) >= 11 is 0. The average molecular weight is 199 g/mol. The zero-order valence-corrected chi connectivity index (χ0v) is 8.33. The van der Waals surface area contributed by atoms with Crippen LogP contribution in [0.4, 0.5) is 0 Å². The predicted octanol–water partition coefficient (Wildman–Crippen LogP) is 2.42. The molecule has 0 amide bonds. The monoisotopic (exact) mass is 199 g/mol. The van der Waals surface area contributed by atoms with Gasteiger partial charge in [-0.15, -0.1) is 9.42 Å². The van der Waals surface area contributed by atoms with Gasteiger partial charge in [0.15, 0.2) is 0 Å². The summed E-state index contributed by atoms with van der Waals surface area (Å²) in [5.74, 6) is 0. The van der Waals surface area contributed by atoms with Crippen molar-refractivity contribution in [2.75, 3.05) is 0 Å². The lowest BCUT2D eigenvalue weighted by atomic mass is 10.1. The molecule has 1 unspecified atom stereocenters. The Morgan fingerprint density at radius 1 is 1.46 bits per heavy atom. The number of rotatable bonds is 4. The van der Waals surface area contributed by atoms with E-state index in [9.17, 15) is 4.57 Å². The molecule has 1 aromatic rings. The van der Waals surface area contributed by atoms with Crippen LogP contribution in [-0.2, 0) is 22.1 Å². The maximum absolute atomic E-state index is 10.3. The van der Waals surface area contributed by atoms with E-state index in [1.165, 1.54) is 5.56 Å². The van der Waals surface area contributed by atoms with Crippen molar-refractivity contribution in [3.8, 4) is 0 Å². The minimum atomic E-state index is -2.49. The molecule has 0 aromatic heterocycles. The maximum atomic E-state index is 10.3. The van der Waals surface area contributed by atoms with E-state index < -0.39 is 8.25 Å². The van der Waals surface area contributed by atoms with Crippen LogP contribution in [-0.4, -0.2) is 4.89 Å². The third-order valence-electron chi connectivity index (χ3n) is 1.74. The lowest BCUT2D eigenvalue weighted by molar-refractivity contribution is 0.272. The smallest absolute Gasteiger partial charge is 0.133 e. The van der Waals surface area contributed by atoms with Gasteiger partial charge in [-0.1, -0.05) is 31.2 Å². The van der Waals surface area contributed by atoms with Crippen LogP contribution in [0.15, 0.2) is 24.3 Å². The van der Waals surface area contributed by atoms with Crippen molar-refractivity contribution in [1.29, 1.82) is 0 Å². The van der Waals surface area contributed by atoms with Crippen LogP contribution in [0.5, 0.6) is 0 Å². The molecule has 0 aliphatic carbocycles. The van der Waals surface area contributed by atoms with Crippen molar-refractivity contribution in [3.05, 3.63) is 35.4 Å². The Kier molecular flexibility index (Phi) is 4.03. The molecule has 1 rings (SSSR count). The van der Waals surface area contributed by atoms with Crippen molar-refractivity contribution in [3.63, 3.8) is 0 Å². The van der Waals surface area contributed by atoms with Gasteiger partial charge in [0.1, 0.15) is 6.61 Å². The second kappa shape index (κ2) is 5.07. The van der Waals surface area contributed by atoms with Crippen LogP contribution in [0.1, 0.15) is 18.1 Å². The van der Waals surface area contributed by atoms with Crippen LogP contribution in [0, 0.1) is 0 Å². The highest BCUT2D eigenvalue weighted by Gasteiger charge is 2.11. The summed E-state index contributed by atoms with van der Waals surface area (Å²) in [6.45, 7) is 2.26. The van der Waals surface area contributed by atoms with Crippen LogP contribution < -0.4 is 0 Å². The van der Waals surface area contributed by atoms with E-state index >= 15 is 0 Å². The Morgan fingerprint density at radius 2 is 2.15 bits per heavy atom. The zero-order chi connectivity index (χ0) is 9.68. The fourth-order valence-electron chi connectivity index (χ4n) is 1.07. The molecule has 3 nitrogen and oxygen atoms in total. The van der Waals surface area contributed by atoms with Gasteiger partial charge >= 0.3 is 8.25 Å². The molecule has 13 heavy (non-hydrogen) atoms. The Labute approximate surface area is 78.3 Å². The molecule has 1 aromatic carbocycles. The fraction of sp³-hybridized carbons (Fsp3) is 0.333. The minimum absolute atomic E-state index is 0.194. The molecule has 4 heteroatoms. The van der Waals surface area contributed by atoms with Crippen molar-refractivity contribution in [1.82, 2.24) is 0 Å². The molecule has 1 atom stereocenters. The second-order valence-electron chi connectivity index (χ2n) is 2.68. The van der Waals surface area contributed by atoms with Gasteiger partial charge in [-0.3, -0.25) is 0 Å². The summed E-state index contributed by atoms with van der Waals surface area (Å²) in [5, 5.41) is 0. The van der Waals surface area contributed by atoms with Crippen LogP contribution in [0.25, 0.3) is 0 Å². The average Bonchev–Trinajstić information content (AvgIpc) is 2.15. The minimum Gasteiger partial charge on any atom is -0.133 e. The number of hydrogen-bond acceptors (Lipinski definition) is 2. The van der Waals surface area contributed by atoms with Crippen molar-refractivity contribution in [2.24, 2.45) is 0 Å². The fourth-order valence-corrected chi connectivity index (χ4v) is 1.33. The molecule has 0 bridgehead atoms. The summed E-state index contributed by atoms with van der Waals surface area (Å²) in [6, 6.07) is 7.78. The van der Waals surface area contributed by atoms with Crippen molar-refractivity contribution in [2.45, 2.75) is 20.0 Å². The van der Waals surface area contributed by atoms with E-state index in [0.717, 1.165) is 12.0 Å². The Morgan fingerprint density at radius 3 is 2.77 bits per heavy atom. The summed E-state index contributed by atoms with van der Waals surface area (Å²) in [5.41, 5.74) is 2.13. The summed E-state index contributed by atoms with van der Waals surface area (Å²) in [7, 11) is -2.49. The Bertz CT molecular complexity index is 299. The maximum Gasteiger partial charge on any atom is 0.695 e. The number of hydrogen-bond donors (Lipinski definition) is 1. The van der Waals surface area contributed by atoms with Crippen molar-refractivity contribution >= 4 is 8.25 Å². The molecule has 0 aliphatic heterocycles. The molecule has 0 saturated heterocycles. The Balaban J connectivity index is 2.61. The molecule has 0 spiro atoms. The van der Waals surface area contributed by atoms with Gasteiger partial charge in [0, 0.05) is 4.57 Å². The molecule has 0 aliphatic rings. The van der Waals surface area contributed by atoms with Gasteiger partial charge in [-0.05, 0) is 17.5 Å². The van der Waals surface area contributed by atoms with Crippen molar-refractivity contribution < 1.29 is 14.0 Å². The standard InChI is InChI=1S/C9H11O3P/c1-2-8-4-3-5-9(6-8)7-12-13(10)11/h3-6H,2,7H2,1H3/p+1. The topological polar surface area (TPSA) is 46.5 Å². The van der Waals surface area contributed by atoms with Gasteiger partial charge in [0.25, 0.3) is 0 Å². The van der Waals surface area contributed by atoms with E-state index in [2.05, 4.69) is 11.4 Å². The highest BCUT2D eigenvalue weighted by Crippen LogP contribution is 2.18. The van der Waals surface area contributed by atoms with E-state index in [1.54, 1.807) is 0 Å². The molecule has 0 fully saturated rings. The van der Waals surface area contributed by atoms with Crippen LogP contribution >= 0.6 is 8.25 Å². The third kappa shape index (κ3) is 3.64. The normalized spacial score (nSPS) is 11.4. The summed E-state index contributed by atoms with van der Waals surface area (Å²) in [6.07, 6.45) is 0.957. The van der Waals surface area contributed by atoms with Gasteiger partial charge in [-0.25, -0.2) is 0 Å². The van der Waals surface area contributed by atoms with Crippen LogP contribution in [0.2, 0.25) is 0 Å². The van der Waals surface area contributed by atoms with E-state index in [4.69, 9.17) is 4.89 Å². The summed E-state index contributed by atoms with van der Waals surface area (Å²) in [4.78, 5) is 8.43. The largest absolute Gasteiger partial charge is 0.695 e. The first-order chi connectivity index (χ1) is 6.22. The summed E-state index contributed by atoms with van der Waals surface area (Å²) < 4.78 is 14.8. The number of benzene rings is 1. The lowest BCUT2D eigenvalue weighted by Gasteiger charge is -1.98. The first-order valence-corrected chi connectivity index (χ1v) is 5.22. The molecular formula is C9H12O3P+. The van der Waals surface area contributed by atoms with E-state index in [1.807, 2.05) is 24.3 Å². The third-order valence-corrected chi connectivity index (χ3v) is 2.09. The quantitative estimate of drug-likeness (QED) is 0.757. The lowest BCUT2D eigenvalue weighted by Crippen LogP contribution is -1.88. The highest BCUT2D eigenvalue weighted by atomic mass is 31.1. The molecule has 1 N–H and O–H groups in total. The molecule has 70 valence electrons. The number of aryl methyl sites for hydroxylation is 1. The van der Waals surface area contributed by atoms with E-state index in [0.29, 0.717) is 0 Å². The zero-order valence-electron chi connectivity index (χ0n) is 7.43. The molecule has 0 heterocycles. The van der Waals surface area contributed by atoms with Crippen LogP contribution in [0.3, 0.4) is 0 Å². The molecule has 0 radical (unpaired) electrons. The first-order valence-electron chi connectivity index (χ1n) is 4.09. The molecular weight excluding hydrogens is 187 g/mol. The Hall–Kier alpha value is -0.760. The highest BCUT2D eigenvalue weighted by molar-refractivity contribution is 7.32. The van der Waals surface area contributed by atoms with Gasteiger partial charge in [0.2, 0.25) is 0 Å². The predicted molar refractivity (Wildman–Crippen MR) is 50.4 cm³/mol. The van der Waals surface area contributed by atoms with Gasteiger partial charge in [-0.2, -0.15) is 0 Å².